The quantitative estimate of drug-likeness (QED) is 0.497. The average molecular weight is 378 g/mol. The topological polar surface area (TPSA) is 83.0 Å². The maximum absolute atomic E-state index is 12.2. The molecule has 0 amide bonds. The molecule has 0 aliphatic rings. The van der Waals surface area contributed by atoms with Crippen LogP contribution in [0.4, 0.5) is 0 Å². The Morgan fingerprint density at radius 1 is 1.21 bits per heavy atom. The number of benzene rings is 1. The van der Waals surface area contributed by atoms with E-state index in [1.165, 1.54) is 16.7 Å². The van der Waals surface area contributed by atoms with Crippen molar-refractivity contribution in [2.24, 2.45) is 0 Å². The molecular formula is C21H18N2O5. The first-order valence-electron chi connectivity index (χ1n) is 8.72. The Morgan fingerprint density at radius 2 is 2.07 bits per heavy atom. The van der Waals surface area contributed by atoms with Crippen molar-refractivity contribution in [3.05, 3.63) is 76.0 Å². The lowest BCUT2D eigenvalue weighted by Gasteiger charge is -2.06. The minimum atomic E-state index is -0.426. The zero-order valence-electron chi connectivity index (χ0n) is 15.5. The summed E-state index contributed by atoms with van der Waals surface area (Å²) < 4.78 is 17.4. The molecule has 3 heterocycles. The number of aryl methyl sites for hydroxylation is 1. The molecule has 0 atom stereocenters. The number of hydrogen-bond acceptors (Lipinski definition) is 6. The highest BCUT2D eigenvalue weighted by atomic mass is 16.5. The van der Waals surface area contributed by atoms with Gasteiger partial charge in [0.1, 0.15) is 23.6 Å². The second-order valence-corrected chi connectivity index (χ2v) is 6.48. The van der Waals surface area contributed by atoms with Crippen LogP contribution in [0, 0.1) is 6.92 Å². The van der Waals surface area contributed by atoms with Crippen LogP contribution in [-0.2, 0) is 22.6 Å². The molecule has 0 saturated carbocycles. The van der Waals surface area contributed by atoms with Gasteiger partial charge in [-0.1, -0.05) is 6.07 Å². The Hall–Kier alpha value is -3.61. The van der Waals surface area contributed by atoms with E-state index in [9.17, 15) is 9.59 Å². The van der Waals surface area contributed by atoms with Gasteiger partial charge in [0.25, 0.3) is 5.56 Å². The maximum atomic E-state index is 12.2. The number of hydrogen-bond donors (Lipinski definition) is 0. The summed E-state index contributed by atoms with van der Waals surface area (Å²) in [6, 6.07) is 10.4. The third-order valence-electron chi connectivity index (χ3n) is 4.44. The van der Waals surface area contributed by atoms with Crippen molar-refractivity contribution < 1.29 is 18.7 Å². The van der Waals surface area contributed by atoms with Crippen LogP contribution in [0.3, 0.4) is 0 Å². The number of furan rings is 1. The summed E-state index contributed by atoms with van der Waals surface area (Å²) in [6.45, 7) is 1.83. The molecule has 0 N–H and O–H groups in total. The second-order valence-electron chi connectivity index (χ2n) is 6.48. The number of fused-ring (bicyclic) bond motifs is 2. The molecule has 0 aliphatic carbocycles. The standard InChI is InChI=1S/C21H18N2O5/c1-13-3-6-19-22-15(8-20(24)23(19)10-13)12-28-21(25)7-14-11-27-18-9-16(26-2)4-5-17(14)18/h3-6,8-11H,7,12H2,1-2H3. The van der Waals surface area contributed by atoms with Crippen molar-refractivity contribution in [3.63, 3.8) is 0 Å². The first kappa shape index (κ1) is 17.8. The number of aromatic nitrogens is 2. The van der Waals surface area contributed by atoms with Gasteiger partial charge in [0.2, 0.25) is 0 Å². The van der Waals surface area contributed by atoms with Crippen molar-refractivity contribution in [1.29, 1.82) is 0 Å². The normalized spacial score (nSPS) is 11.1. The molecular weight excluding hydrogens is 360 g/mol. The lowest BCUT2D eigenvalue weighted by molar-refractivity contribution is -0.144. The van der Waals surface area contributed by atoms with Crippen LogP contribution in [0.5, 0.6) is 5.75 Å². The van der Waals surface area contributed by atoms with E-state index >= 15 is 0 Å². The SMILES string of the molecule is COc1ccc2c(CC(=O)OCc3cc(=O)n4cc(C)ccc4n3)coc2c1. The number of methoxy groups -OCH3 is 1. The summed E-state index contributed by atoms with van der Waals surface area (Å²) in [7, 11) is 1.58. The summed E-state index contributed by atoms with van der Waals surface area (Å²) in [5.74, 6) is 0.254. The van der Waals surface area contributed by atoms with E-state index in [0.29, 0.717) is 22.7 Å². The van der Waals surface area contributed by atoms with Gasteiger partial charge < -0.3 is 13.9 Å². The molecule has 0 saturated heterocycles. The van der Waals surface area contributed by atoms with Crippen LogP contribution in [0.15, 0.2) is 58.1 Å². The molecule has 142 valence electrons. The molecule has 3 aromatic heterocycles. The van der Waals surface area contributed by atoms with E-state index in [-0.39, 0.29) is 18.6 Å². The highest BCUT2D eigenvalue weighted by molar-refractivity contribution is 5.86. The van der Waals surface area contributed by atoms with Gasteiger partial charge in [-0.2, -0.15) is 0 Å². The fourth-order valence-electron chi connectivity index (χ4n) is 3.02. The van der Waals surface area contributed by atoms with Crippen molar-refractivity contribution in [2.75, 3.05) is 7.11 Å². The first-order chi connectivity index (χ1) is 13.5. The van der Waals surface area contributed by atoms with Gasteiger partial charge in [-0.25, -0.2) is 4.98 Å². The Bertz CT molecular complexity index is 1240. The number of carbonyl (C=O) groups excluding carboxylic acids is 1. The summed E-state index contributed by atoms with van der Waals surface area (Å²) >= 11 is 0. The smallest absolute Gasteiger partial charge is 0.310 e. The minimum absolute atomic E-state index is 0.0606. The second kappa shape index (κ2) is 7.19. The number of carbonyl (C=O) groups is 1. The van der Waals surface area contributed by atoms with Crippen molar-refractivity contribution in [2.45, 2.75) is 20.0 Å². The van der Waals surface area contributed by atoms with Gasteiger partial charge >= 0.3 is 5.97 Å². The van der Waals surface area contributed by atoms with Crippen molar-refractivity contribution in [3.8, 4) is 5.75 Å². The Kier molecular flexibility index (Phi) is 4.57. The van der Waals surface area contributed by atoms with Gasteiger partial charge in [-0.05, 0) is 30.7 Å². The molecule has 7 nitrogen and oxygen atoms in total. The lowest BCUT2D eigenvalue weighted by atomic mass is 10.1. The fraction of sp³-hybridized carbons (Fsp3) is 0.190. The summed E-state index contributed by atoms with van der Waals surface area (Å²) in [6.07, 6.45) is 3.32. The maximum Gasteiger partial charge on any atom is 0.310 e. The zero-order chi connectivity index (χ0) is 19.7. The monoisotopic (exact) mass is 378 g/mol. The Labute approximate surface area is 160 Å². The Balaban J connectivity index is 1.47. The molecule has 4 rings (SSSR count). The first-order valence-corrected chi connectivity index (χ1v) is 8.72. The predicted octanol–water partition coefficient (Wildman–Crippen LogP) is 3.04. The molecule has 0 bridgehead atoms. The number of nitrogens with zero attached hydrogens (tertiary/aromatic N) is 2. The third-order valence-corrected chi connectivity index (χ3v) is 4.44. The lowest BCUT2D eigenvalue weighted by Crippen LogP contribution is -2.17. The van der Waals surface area contributed by atoms with Crippen LogP contribution >= 0.6 is 0 Å². The largest absolute Gasteiger partial charge is 0.497 e. The summed E-state index contributed by atoms with van der Waals surface area (Å²) in [5, 5.41) is 0.829. The van der Waals surface area contributed by atoms with E-state index in [1.807, 2.05) is 19.1 Å². The van der Waals surface area contributed by atoms with Crippen LogP contribution in [0.25, 0.3) is 16.6 Å². The predicted molar refractivity (Wildman–Crippen MR) is 102 cm³/mol. The van der Waals surface area contributed by atoms with Crippen LogP contribution in [0.1, 0.15) is 16.8 Å². The molecule has 28 heavy (non-hydrogen) atoms. The molecule has 0 unspecified atom stereocenters. The highest BCUT2D eigenvalue weighted by Crippen LogP contribution is 2.26. The van der Waals surface area contributed by atoms with Gasteiger partial charge in [-0.3, -0.25) is 14.0 Å². The number of pyridine rings is 1. The van der Waals surface area contributed by atoms with Gasteiger partial charge in [0.15, 0.2) is 0 Å². The van der Waals surface area contributed by atoms with Gasteiger partial charge in [0, 0.05) is 29.3 Å². The van der Waals surface area contributed by atoms with E-state index < -0.39 is 5.97 Å². The molecule has 1 aromatic carbocycles. The van der Waals surface area contributed by atoms with E-state index in [2.05, 4.69) is 4.98 Å². The van der Waals surface area contributed by atoms with E-state index in [4.69, 9.17) is 13.9 Å². The molecule has 7 heteroatoms. The van der Waals surface area contributed by atoms with Crippen molar-refractivity contribution in [1.82, 2.24) is 9.38 Å². The van der Waals surface area contributed by atoms with E-state index in [1.54, 1.807) is 31.5 Å². The van der Waals surface area contributed by atoms with Crippen LogP contribution < -0.4 is 10.3 Å². The Morgan fingerprint density at radius 3 is 2.89 bits per heavy atom. The van der Waals surface area contributed by atoms with Crippen LogP contribution in [0.2, 0.25) is 0 Å². The molecule has 0 radical (unpaired) electrons. The highest BCUT2D eigenvalue weighted by Gasteiger charge is 2.13. The summed E-state index contributed by atoms with van der Waals surface area (Å²) in [4.78, 5) is 28.8. The average Bonchev–Trinajstić information content (AvgIpc) is 3.09. The number of ether oxygens (including phenoxy) is 2. The van der Waals surface area contributed by atoms with Crippen LogP contribution in [-0.4, -0.2) is 22.5 Å². The molecule has 0 fully saturated rings. The van der Waals surface area contributed by atoms with Gasteiger partial charge in [-0.15, -0.1) is 0 Å². The van der Waals surface area contributed by atoms with Gasteiger partial charge in [0.05, 0.1) is 25.5 Å². The molecule has 4 aromatic rings. The molecule has 0 spiro atoms. The third kappa shape index (κ3) is 3.46. The number of esters is 1. The van der Waals surface area contributed by atoms with E-state index in [0.717, 1.165) is 16.5 Å². The number of rotatable bonds is 5. The van der Waals surface area contributed by atoms with Crippen molar-refractivity contribution >= 4 is 22.6 Å². The fourth-order valence-corrected chi connectivity index (χ4v) is 3.02. The zero-order valence-corrected chi connectivity index (χ0v) is 15.5. The molecule has 0 aliphatic heterocycles. The summed E-state index contributed by atoms with van der Waals surface area (Å²) in [5.41, 5.74) is 3.03. The minimum Gasteiger partial charge on any atom is -0.497 e.